The molecule has 66 valence electrons. The van der Waals surface area contributed by atoms with Crippen molar-refractivity contribution in [3.63, 3.8) is 0 Å². The second-order valence-corrected chi connectivity index (χ2v) is 3.31. The lowest BCUT2D eigenvalue weighted by Gasteiger charge is -2.03. The number of hydrogen-bond acceptors (Lipinski definition) is 2. The number of aromatic nitrogens is 1. The fraction of sp³-hybridized carbons (Fsp3) is 0.375. The molecule has 0 bridgehead atoms. The predicted octanol–water partition coefficient (Wildman–Crippen LogP) is 1.69. The summed E-state index contributed by atoms with van der Waals surface area (Å²) in [6.45, 7) is 3.97. The van der Waals surface area contributed by atoms with Crippen molar-refractivity contribution in [1.29, 1.82) is 0 Å². The van der Waals surface area contributed by atoms with Crippen LogP contribution in [0.1, 0.15) is 13.8 Å². The summed E-state index contributed by atoms with van der Waals surface area (Å²) in [7, 11) is 0. The number of halogens is 1. The summed E-state index contributed by atoms with van der Waals surface area (Å²) in [5.74, 6) is 0.595. The van der Waals surface area contributed by atoms with E-state index in [1.165, 1.54) is 6.20 Å². The Hall–Kier alpha value is -0.960. The third kappa shape index (κ3) is 2.27. The second kappa shape index (κ2) is 3.63. The lowest BCUT2D eigenvalue weighted by atomic mass is 10.4. The highest BCUT2D eigenvalue weighted by Crippen LogP contribution is 2.10. The van der Waals surface area contributed by atoms with Crippen LogP contribution in [0.4, 0.5) is 5.82 Å². The lowest BCUT2D eigenvalue weighted by molar-refractivity contribution is -0.893. The molecule has 4 heteroatoms. The zero-order valence-corrected chi connectivity index (χ0v) is 7.84. The van der Waals surface area contributed by atoms with E-state index < -0.39 is 0 Å². The third-order valence-electron chi connectivity index (χ3n) is 1.33. The van der Waals surface area contributed by atoms with Crippen LogP contribution < -0.4 is 10.0 Å². The van der Waals surface area contributed by atoms with E-state index >= 15 is 0 Å². The van der Waals surface area contributed by atoms with Gasteiger partial charge >= 0.3 is 5.82 Å². The molecule has 0 aliphatic heterocycles. The molecule has 12 heavy (non-hydrogen) atoms. The number of nitrogens with zero attached hydrogens (tertiary/aromatic N) is 1. The third-order valence-corrected chi connectivity index (χ3v) is 1.57. The standard InChI is InChI=1S/C8H11ClN2O/c1-6(2)10-8-5-7(9)3-4-11(8)12/h3-6,12H,1-2H3/p+1. The van der Waals surface area contributed by atoms with Crippen LogP contribution in [0.25, 0.3) is 0 Å². The van der Waals surface area contributed by atoms with Gasteiger partial charge in [0, 0.05) is 12.1 Å². The number of anilines is 1. The molecule has 0 saturated carbocycles. The zero-order valence-electron chi connectivity index (χ0n) is 7.08. The molecule has 2 N–H and O–H groups in total. The van der Waals surface area contributed by atoms with Gasteiger partial charge in [0.2, 0.25) is 0 Å². The summed E-state index contributed by atoms with van der Waals surface area (Å²) < 4.78 is 1.01. The fourth-order valence-electron chi connectivity index (χ4n) is 0.871. The maximum Gasteiger partial charge on any atom is 0.315 e. The molecule has 1 heterocycles. The first-order valence-corrected chi connectivity index (χ1v) is 4.14. The van der Waals surface area contributed by atoms with Crippen LogP contribution in [-0.4, -0.2) is 11.2 Å². The molecule has 0 atom stereocenters. The van der Waals surface area contributed by atoms with Crippen LogP contribution in [0, 0.1) is 0 Å². The molecule has 0 unspecified atom stereocenters. The van der Waals surface area contributed by atoms with Crippen LogP contribution in [-0.2, 0) is 0 Å². The van der Waals surface area contributed by atoms with Gasteiger partial charge in [-0.25, -0.2) is 0 Å². The van der Waals surface area contributed by atoms with Gasteiger partial charge in [0.15, 0.2) is 0 Å². The molecule has 0 amide bonds. The summed E-state index contributed by atoms with van der Waals surface area (Å²) in [6.07, 6.45) is 1.49. The first kappa shape index (κ1) is 9.13. The van der Waals surface area contributed by atoms with Crippen molar-refractivity contribution in [1.82, 2.24) is 0 Å². The van der Waals surface area contributed by atoms with Gasteiger partial charge in [0.25, 0.3) is 0 Å². The highest BCUT2D eigenvalue weighted by Gasteiger charge is 2.09. The summed E-state index contributed by atoms with van der Waals surface area (Å²) in [5.41, 5.74) is 0. The first-order chi connectivity index (χ1) is 5.59. The molecule has 0 aliphatic carbocycles. The normalized spacial score (nSPS) is 10.3. The Balaban J connectivity index is 2.90. The van der Waals surface area contributed by atoms with Gasteiger partial charge in [-0.2, -0.15) is 0 Å². The Morgan fingerprint density at radius 2 is 2.25 bits per heavy atom. The number of hydrogen-bond donors (Lipinski definition) is 2. The number of rotatable bonds is 2. The largest absolute Gasteiger partial charge is 0.350 e. The minimum atomic E-state index is 0.266. The van der Waals surface area contributed by atoms with E-state index in [9.17, 15) is 5.21 Å². The topological polar surface area (TPSA) is 36.1 Å². The van der Waals surface area contributed by atoms with E-state index in [1.54, 1.807) is 12.1 Å². The molecular weight excluding hydrogens is 176 g/mol. The molecule has 3 nitrogen and oxygen atoms in total. The van der Waals surface area contributed by atoms with Crippen LogP contribution in [0.3, 0.4) is 0 Å². The van der Waals surface area contributed by atoms with Gasteiger partial charge < -0.3 is 5.21 Å². The second-order valence-electron chi connectivity index (χ2n) is 2.87. The van der Waals surface area contributed by atoms with Crippen molar-refractivity contribution in [2.45, 2.75) is 19.9 Å². The maximum atomic E-state index is 9.28. The Labute approximate surface area is 76.6 Å². The van der Waals surface area contributed by atoms with E-state index in [0.717, 1.165) is 4.73 Å². The quantitative estimate of drug-likeness (QED) is 0.546. The smallest absolute Gasteiger partial charge is 0.315 e. The van der Waals surface area contributed by atoms with Crippen molar-refractivity contribution in [2.24, 2.45) is 0 Å². The molecule has 0 saturated heterocycles. The predicted molar refractivity (Wildman–Crippen MR) is 47.6 cm³/mol. The molecule has 1 aromatic rings. The average molecular weight is 188 g/mol. The Bertz CT molecular complexity index is 276. The zero-order chi connectivity index (χ0) is 9.14. The average Bonchev–Trinajstić information content (AvgIpc) is 1.96. The Kier molecular flexibility index (Phi) is 2.76. The summed E-state index contributed by atoms with van der Waals surface area (Å²) in [4.78, 5) is 0. The van der Waals surface area contributed by atoms with Gasteiger partial charge in [-0.3, -0.25) is 5.32 Å². The van der Waals surface area contributed by atoms with Gasteiger partial charge in [-0.1, -0.05) is 16.3 Å². The van der Waals surface area contributed by atoms with Crippen LogP contribution >= 0.6 is 11.6 Å². The molecule has 1 rings (SSSR count). The van der Waals surface area contributed by atoms with Crippen molar-refractivity contribution < 1.29 is 9.94 Å². The van der Waals surface area contributed by atoms with Gasteiger partial charge in [-0.05, 0) is 13.8 Å². The molecule has 0 aliphatic rings. The molecular formula is C8H12ClN2O+. The molecule has 1 aromatic heterocycles. The highest BCUT2D eigenvalue weighted by molar-refractivity contribution is 6.30. The summed E-state index contributed by atoms with van der Waals surface area (Å²) in [6, 6.07) is 3.55. The lowest BCUT2D eigenvalue weighted by Crippen LogP contribution is -2.35. The summed E-state index contributed by atoms with van der Waals surface area (Å²) >= 11 is 5.74. The first-order valence-electron chi connectivity index (χ1n) is 3.76. The SMILES string of the molecule is CC(C)Nc1cc(Cl)cc[n+]1O. The fourth-order valence-corrected chi connectivity index (χ4v) is 1.03. The summed E-state index contributed by atoms with van der Waals surface area (Å²) in [5, 5.41) is 12.9. The highest BCUT2D eigenvalue weighted by atomic mass is 35.5. The minimum absolute atomic E-state index is 0.266. The van der Waals surface area contributed by atoms with Crippen molar-refractivity contribution >= 4 is 17.4 Å². The van der Waals surface area contributed by atoms with E-state index in [1.807, 2.05) is 13.8 Å². The van der Waals surface area contributed by atoms with Crippen LogP contribution in [0.15, 0.2) is 18.3 Å². The van der Waals surface area contributed by atoms with Gasteiger partial charge in [0.05, 0.1) is 11.1 Å². The van der Waals surface area contributed by atoms with E-state index in [4.69, 9.17) is 11.6 Å². The monoisotopic (exact) mass is 187 g/mol. The van der Waals surface area contributed by atoms with Crippen molar-refractivity contribution in [3.8, 4) is 0 Å². The Morgan fingerprint density at radius 3 is 2.83 bits per heavy atom. The molecule has 0 fully saturated rings. The van der Waals surface area contributed by atoms with E-state index in [2.05, 4.69) is 5.32 Å². The van der Waals surface area contributed by atoms with Crippen molar-refractivity contribution in [3.05, 3.63) is 23.4 Å². The Morgan fingerprint density at radius 1 is 1.58 bits per heavy atom. The van der Waals surface area contributed by atoms with Gasteiger partial charge in [0.1, 0.15) is 6.20 Å². The maximum absolute atomic E-state index is 9.28. The number of pyridine rings is 1. The van der Waals surface area contributed by atoms with E-state index in [-0.39, 0.29) is 6.04 Å². The molecule has 0 aromatic carbocycles. The van der Waals surface area contributed by atoms with Crippen LogP contribution in [0.5, 0.6) is 0 Å². The number of nitrogens with one attached hydrogen (secondary N) is 1. The minimum Gasteiger partial charge on any atom is -0.350 e. The molecule has 0 spiro atoms. The van der Waals surface area contributed by atoms with E-state index in [0.29, 0.717) is 10.8 Å². The van der Waals surface area contributed by atoms with Crippen LogP contribution in [0.2, 0.25) is 5.02 Å². The van der Waals surface area contributed by atoms with Crippen molar-refractivity contribution in [2.75, 3.05) is 5.32 Å². The van der Waals surface area contributed by atoms with Gasteiger partial charge in [-0.15, -0.1) is 0 Å². The molecule has 0 radical (unpaired) electrons.